The molecule has 1 aliphatic carbocycles. The van der Waals surface area contributed by atoms with Gasteiger partial charge in [0.2, 0.25) is 0 Å². The van der Waals surface area contributed by atoms with Crippen LogP contribution in [0.1, 0.15) is 43.8 Å². The predicted molar refractivity (Wildman–Crippen MR) is 89.9 cm³/mol. The molecule has 2 aliphatic rings. The molecular weight excluding hydrogens is 278 g/mol. The third kappa shape index (κ3) is 3.66. The summed E-state index contributed by atoms with van der Waals surface area (Å²) in [6.07, 6.45) is 5.34. The molecule has 1 aliphatic heterocycles. The van der Waals surface area contributed by atoms with Crippen LogP contribution in [0.3, 0.4) is 0 Å². The van der Waals surface area contributed by atoms with Crippen molar-refractivity contribution in [2.24, 2.45) is 11.8 Å². The Morgan fingerprint density at radius 1 is 1.33 bits per heavy atom. The molecule has 2 fully saturated rings. The second kappa shape index (κ2) is 6.76. The molecule has 2 bridgehead atoms. The van der Waals surface area contributed by atoms with Gasteiger partial charge in [-0.15, -0.1) is 11.3 Å². The van der Waals surface area contributed by atoms with E-state index in [1.54, 1.807) is 11.3 Å². The van der Waals surface area contributed by atoms with E-state index in [1.807, 2.05) is 0 Å². The van der Waals surface area contributed by atoms with Gasteiger partial charge in [-0.2, -0.15) is 0 Å². The molecule has 0 amide bonds. The SMILES string of the molecule is Cc1csc(CCNC2C3CCCC2CN(C(C)C)C3)n1. The summed E-state index contributed by atoms with van der Waals surface area (Å²) < 4.78 is 0. The summed E-state index contributed by atoms with van der Waals surface area (Å²) >= 11 is 1.80. The first-order valence-electron chi connectivity index (χ1n) is 8.52. The van der Waals surface area contributed by atoms with Crippen molar-refractivity contribution in [1.82, 2.24) is 15.2 Å². The summed E-state index contributed by atoms with van der Waals surface area (Å²) in [5.41, 5.74) is 1.16. The summed E-state index contributed by atoms with van der Waals surface area (Å²) in [5.74, 6) is 1.72. The van der Waals surface area contributed by atoms with Crippen molar-refractivity contribution in [1.29, 1.82) is 0 Å². The maximum atomic E-state index is 4.57. The van der Waals surface area contributed by atoms with Crippen LogP contribution in [0, 0.1) is 18.8 Å². The Kier molecular flexibility index (Phi) is 4.97. The van der Waals surface area contributed by atoms with Crippen molar-refractivity contribution >= 4 is 11.3 Å². The van der Waals surface area contributed by atoms with E-state index in [-0.39, 0.29) is 0 Å². The zero-order valence-electron chi connectivity index (χ0n) is 13.6. The number of hydrogen-bond acceptors (Lipinski definition) is 4. The molecule has 0 radical (unpaired) electrons. The fourth-order valence-corrected chi connectivity index (χ4v) is 4.87. The fourth-order valence-electron chi connectivity index (χ4n) is 4.09. The van der Waals surface area contributed by atoms with Gasteiger partial charge in [0.25, 0.3) is 0 Å². The molecule has 1 saturated carbocycles. The first kappa shape index (κ1) is 15.4. The Balaban J connectivity index is 1.53. The van der Waals surface area contributed by atoms with Crippen LogP contribution < -0.4 is 5.32 Å². The lowest BCUT2D eigenvalue weighted by Gasteiger charge is -2.49. The molecule has 118 valence electrons. The normalized spacial score (nSPS) is 30.0. The Labute approximate surface area is 133 Å². The van der Waals surface area contributed by atoms with Gasteiger partial charge in [0.05, 0.1) is 5.01 Å². The Morgan fingerprint density at radius 3 is 2.62 bits per heavy atom. The number of piperidine rings is 1. The highest BCUT2D eigenvalue weighted by molar-refractivity contribution is 7.09. The molecule has 0 aromatic carbocycles. The molecule has 1 saturated heterocycles. The lowest BCUT2D eigenvalue weighted by atomic mass is 9.73. The van der Waals surface area contributed by atoms with Gasteiger partial charge in [-0.25, -0.2) is 4.98 Å². The number of rotatable bonds is 5. The van der Waals surface area contributed by atoms with Crippen LogP contribution in [0.4, 0.5) is 0 Å². The highest BCUT2D eigenvalue weighted by Gasteiger charge is 2.39. The van der Waals surface area contributed by atoms with Crippen molar-refractivity contribution in [3.63, 3.8) is 0 Å². The molecular formula is C17H29N3S. The second-order valence-corrected chi connectivity index (χ2v) is 8.05. The number of hydrogen-bond donors (Lipinski definition) is 1. The van der Waals surface area contributed by atoms with Gasteiger partial charge in [-0.3, -0.25) is 0 Å². The molecule has 1 N–H and O–H groups in total. The molecule has 21 heavy (non-hydrogen) atoms. The van der Waals surface area contributed by atoms with Crippen LogP contribution in [0.5, 0.6) is 0 Å². The fraction of sp³-hybridized carbons (Fsp3) is 0.824. The lowest BCUT2D eigenvalue weighted by molar-refractivity contribution is 0.0300. The van der Waals surface area contributed by atoms with Crippen molar-refractivity contribution < 1.29 is 0 Å². The predicted octanol–water partition coefficient (Wildman–Crippen LogP) is 3.09. The third-order valence-corrected chi connectivity index (χ3v) is 6.25. The van der Waals surface area contributed by atoms with Crippen molar-refractivity contribution in [3.05, 3.63) is 16.1 Å². The largest absolute Gasteiger partial charge is 0.313 e. The number of aryl methyl sites for hydroxylation is 1. The maximum absolute atomic E-state index is 4.57. The quantitative estimate of drug-likeness (QED) is 0.906. The zero-order valence-corrected chi connectivity index (χ0v) is 14.5. The van der Waals surface area contributed by atoms with E-state index in [0.29, 0.717) is 6.04 Å². The average molecular weight is 308 g/mol. The van der Waals surface area contributed by atoms with E-state index in [1.165, 1.54) is 37.4 Å². The molecule has 1 aromatic heterocycles. The highest BCUT2D eigenvalue weighted by atomic mass is 32.1. The lowest BCUT2D eigenvalue weighted by Crippen LogP contribution is -2.58. The molecule has 1 aromatic rings. The molecule has 3 nitrogen and oxygen atoms in total. The van der Waals surface area contributed by atoms with Crippen LogP contribution >= 0.6 is 11.3 Å². The first-order chi connectivity index (χ1) is 10.1. The Morgan fingerprint density at radius 2 is 2.05 bits per heavy atom. The van der Waals surface area contributed by atoms with E-state index in [0.717, 1.165) is 36.5 Å². The second-order valence-electron chi connectivity index (χ2n) is 7.11. The van der Waals surface area contributed by atoms with Crippen LogP contribution in [-0.4, -0.2) is 41.6 Å². The molecule has 4 heteroatoms. The molecule has 0 spiro atoms. The standard InChI is InChI=1S/C17H29N3S/c1-12(2)20-9-14-5-4-6-15(10-20)17(14)18-8-7-16-19-13(3)11-21-16/h11-12,14-15,17-18H,4-10H2,1-3H3. The Hall–Kier alpha value is -0.450. The number of fused-ring (bicyclic) bond motifs is 2. The summed E-state index contributed by atoms with van der Waals surface area (Å²) in [4.78, 5) is 7.26. The summed E-state index contributed by atoms with van der Waals surface area (Å²) in [5, 5.41) is 7.32. The van der Waals surface area contributed by atoms with Gasteiger partial charge >= 0.3 is 0 Å². The topological polar surface area (TPSA) is 28.2 Å². The van der Waals surface area contributed by atoms with Crippen molar-refractivity contribution in [2.75, 3.05) is 19.6 Å². The van der Waals surface area contributed by atoms with Gasteiger partial charge in [-0.1, -0.05) is 6.42 Å². The van der Waals surface area contributed by atoms with E-state index in [2.05, 4.69) is 41.4 Å². The summed E-state index contributed by atoms with van der Waals surface area (Å²) in [6, 6.07) is 1.45. The number of nitrogens with one attached hydrogen (secondary N) is 1. The molecule has 3 rings (SSSR count). The van der Waals surface area contributed by atoms with Gasteiger partial charge in [-0.05, 0) is 45.4 Å². The minimum absolute atomic E-state index is 0.701. The van der Waals surface area contributed by atoms with E-state index in [9.17, 15) is 0 Å². The minimum Gasteiger partial charge on any atom is -0.313 e. The van der Waals surface area contributed by atoms with Crippen LogP contribution in [0.25, 0.3) is 0 Å². The molecule has 2 atom stereocenters. The summed E-state index contributed by atoms with van der Waals surface area (Å²) in [7, 11) is 0. The van der Waals surface area contributed by atoms with Gasteiger partial charge < -0.3 is 10.2 Å². The minimum atomic E-state index is 0.701. The smallest absolute Gasteiger partial charge is 0.0940 e. The number of nitrogens with zero attached hydrogens (tertiary/aromatic N) is 2. The highest BCUT2D eigenvalue weighted by Crippen LogP contribution is 2.35. The first-order valence-corrected chi connectivity index (χ1v) is 9.40. The van der Waals surface area contributed by atoms with Crippen LogP contribution in [0.15, 0.2) is 5.38 Å². The Bertz CT molecular complexity index is 443. The van der Waals surface area contributed by atoms with Crippen molar-refractivity contribution in [2.45, 2.75) is 58.5 Å². The van der Waals surface area contributed by atoms with E-state index < -0.39 is 0 Å². The maximum Gasteiger partial charge on any atom is 0.0940 e. The van der Waals surface area contributed by atoms with Crippen LogP contribution in [0.2, 0.25) is 0 Å². The van der Waals surface area contributed by atoms with Gasteiger partial charge in [0.15, 0.2) is 0 Å². The average Bonchev–Trinajstić information content (AvgIpc) is 2.83. The monoisotopic (exact) mass is 307 g/mol. The van der Waals surface area contributed by atoms with Crippen LogP contribution in [-0.2, 0) is 6.42 Å². The molecule has 2 heterocycles. The number of thiazole rings is 1. The van der Waals surface area contributed by atoms with E-state index in [4.69, 9.17) is 0 Å². The summed E-state index contributed by atoms with van der Waals surface area (Å²) in [6.45, 7) is 10.4. The van der Waals surface area contributed by atoms with Gasteiger partial charge in [0.1, 0.15) is 0 Å². The van der Waals surface area contributed by atoms with Gasteiger partial charge in [0, 0.05) is 49.2 Å². The third-order valence-electron chi connectivity index (χ3n) is 5.22. The molecule has 2 unspecified atom stereocenters. The number of likely N-dealkylation sites (tertiary alicyclic amines) is 1. The van der Waals surface area contributed by atoms with Crippen molar-refractivity contribution in [3.8, 4) is 0 Å². The number of aromatic nitrogens is 1. The zero-order chi connectivity index (χ0) is 14.8. The van der Waals surface area contributed by atoms with E-state index >= 15 is 0 Å².